The second-order valence-corrected chi connectivity index (χ2v) is 3.94. The summed E-state index contributed by atoms with van der Waals surface area (Å²) in [7, 11) is 1.76. The number of carboxylic acid groups (broad SMARTS) is 2. The molecule has 1 aromatic heterocycles. The molecule has 0 amide bonds. The maximum atomic E-state index is 10.3. The summed E-state index contributed by atoms with van der Waals surface area (Å²) in [4.78, 5) is 20.6. The summed E-state index contributed by atoms with van der Waals surface area (Å²) in [5.41, 5.74) is 6.00. The van der Waals surface area contributed by atoms with Gasteiger partial charge in [0.2, 0.25) is 0 Å². The molecule has 1 heterocycles. The molecule has 0 radical (unpaired) electrons. The van der Waals surface area contributed by atoms with Gasteiger partial charge in [-0.2, -0.15) is 0 Å². The minimum Gasteiger partial charge on any atom is -0.545 e. The zero-order valence-electron chi connectivity index (χ0n) is 10.8. The molecule has 0 atom stereocenters. The SMILES string of the molecule is C[n+]1cccc(C(=O)[O-])c1.Nc1ccccc1C(=O)O. The van der Waals surface area contributed by atoms with Gasteiger partial charge in [0.1, 0.15) is 7.05 Å². The Morgan fingerprint density at radius 1 is 1.20 bits per heavy atom. The van der Waals surface area contributed by atoms with Crippen LogP contribution < -0.4 is 15.4 Å². The third kappa shape index (κ3) is 4.41. The summed E-state index contributed by atoms with van der Waals surface area (Å²) in [6.45, 7) is 0. The van der Waals surface area contributed by atoms with E-state index in [-0.39, 0.29) is 11.1 Å². The Balaban J connectivity index is 0.000000200. The Morgan fingerprint density at radius 3 is 2.25 bits per heavy atom. The van der Waals surface area contributed by atoms with Gasteiger partial charge in [-0.15, -0.1) is 0 Å². The summed E-state index contributed by atoms with van der Waals surface area (Å²) in [6, 6.07) is 9.52. The zero-order valence-corrected chi connectivity index (χ0v) is 10.8. The molecule has 0 unspecified atom stereocenters. The lowest BCUT2D eigenvalue weighted by atomic mass is 10.2. The van der Waals surface area contributed by atoms with Crippen LogP contribution in [0.15, 0.2) is 48.8 Å². The predicted octanol–water partition coefficient (Wildman–Crippen LogP) is -0.158. The number of hydrogen-bond donors (Lipinski definition) is 2. The van der Waals surface area contributed by atoms with Gasteiger partial charge in [0, 0.05) is 11.8 Å². The topological polar surface area (TPSA) is 107 Å². The van der Waals surface area contributed by atoms with Gasteiger partial charge in [0.15, 0.2) is 12.4 Å². The number of aromatic nitrogens is 1. The number of nitrogens with zero attached hydrogens (tertiary/aromatic N) is 1. The van der Waals surface area contributed by atoms with E-state index in [2.05, 4.69) is 0 Å². The summed E-state index contributed by atoms with van der Waals surface area (Å²) in [5.74, 6) is -2.13. The second-order valence-electron chi connectivity index (χ2n) is 3.94. The number of carboxylic acids is 2. The molecule has 3 N–H and O–H groups in total. The lowest BCUT2D eigenvalue weighted by Gasteiger charge is -1.96. The Bertz CT molecular complexity index is 626. The van der Waals surface area contributed by atoms with Crippen molar-refractivity contribution in [2.45, 2.75) is 0 Å². The van der Waals surface area contributed by atoms with Gasteiger partial charge in [-0.3, -0.25) is 0 Å². The van der Waals surface area contributed by atoms with E-state index in [0.29, 0.717) is 5.69 Å². The molecule has 1 aromatic carbocycles. The van der Waals surface area contributed by atoms with E-state index in [9.17, 15) is 14.7 Å². The Morgan fingerprint density at radius 2 is 1.85 bits per heavy atom. The molecule has 0 aliphatic carbocycles. The molecule has 0 saturated heterocycles. The fourth-order valence-corrected chi connectivity index (χ4v) is 1.40. The highest BCUT2D eigenvalue weighted by Gasteiger charge is 2.03. The van der Waals surface area contributed by atoms with Crippen molar-refractivity contribution in [2.75, 3.05) is 5.73 Å². The van der Waals surface area contributed by atoms with Crippen LogP contribution in [-0.4, -0.2) is 17.0 Å². The van der Waals surface area contributed by atoms with Crippen molar-refractivity contribution >= 4 is 17.6 Å². The zero-order chi connectivity index (χ0) is 15.1. The number of pyridine rings is 1. The van der Waals surface area contributed by atoms with Crippen molar-refractivity contribution in [3.8, 4) is 0 Å². The number of nitrogen functional groups attached to an aromatic ring is 1. The molecule has 20 heavy (non-hydrogen) atoms. The number of rotatable bonds is 2. The minimum atomic E-state index is -1.14. The third-order valence-electron chi connectivity index (χ3n) is 2.37. The number of nitrogens with two attached hydrogens (primary N) is 1. The minimum absolute atomic E-state index is 0.155. The van der Waals surface area contributed by atoms with Gasteiger partial charge in [-0.25, -0.2) is 9.36 Å². The van der Waals surface area contributed by atoms with E-state index >= 15 is 0 Å². The first-order valence-electron chi connectivity index (χ1n) is 5.66. The van der Waals surface area contributed by atoms with Crippen LogP contribution in [0.1, 0.15) is 20.7 Å². The average Bonchev–Trinajstić information content (AvgIpc) is 2.39. The Kier molecular flexibility index (Phi) is 5.22. The van der Waals surface area contributed by atoms with Crippen molar-refractivity contribution in [3.63, 3.8) is 0 Å². The van der Waals surface area contributed by atoms with Crippen LogP contribution in [0.5, 0.6) is 0 Å². The molecule has 0 aliphatic rings. The second kappa shape index (κ2) is 6.89. The predicted molar refractivity (Wildman–Crippen MR) is 69.8 cm³/mol. The van der Waals surface area contributed by atoms with E-state index < -0.39 is 11.9 Å². The molecule has 0 aliphatic heterocycles. The van der Waals surface area contributed by atoms with Gasteiger partial charge in [-0.1, -0.05) is 12.1 Å². The molecule has 0 bridgehead atoms. The highest BCUT2D eigenvalue weighted by Crippen LogP contribution is 2.09. The van der Waals surface area contributed by atoms with Crippen molar-refractivity contribution < 1.29 is 24.4 Å². The van der Waals surface area contributed by atoms with E-state index in [0.717, 1.165) is 0 Å². The Hall–Kier alpha value is -2.89. The molecule has 6 nitrogen and oxygen atoms in total. The van der Waals surface area contributed by atoms with Crippen LogP contribution >= 0.6 is 0 Å². The first-order chi connectivity index (χ1) is 9.41. The van der Waals surface area contributed by atoms with E-state index in [4.69, 9.17) is 10.8 Å². The van der Waals surface area contributed by atoms with Crippen molar-refractivity contribution in [3.05, 3.63) is 59.9 Å². The molecule has 0 saturated carbocycles. The summed E-state index contributed by atoms with van der Waals surface area (Å²) < 4.78 is 1.66. The number of anilines is 1. The fourth-order valence-electron chi connectivity index (χ4n) is 1.40. The molecule has 6 heteroatoms. The van der Waals surface area contributed by atoms with Crippen molar-refractivity contribution in [1.29, 1.82) is 0 Å². The lowest BCUT2D eigenvalue weighted by Crippen LogP contribution is -2.31. The lowest BCUT2D eigenvalue weighted by molar-refractivity contribution is -0.671. The highest BCUT2D eigenvalue weighted by atomic mass is 16.4. The normalized spacial score (nSPS) is 9.25. The molecule has 104 valence electrons. The van der Waals surface area contributed by atoms with Crippen LogP contribution in [-0.2, 0) is 7.05 Å². The Labute approximate surface area is 115 Å². The van der Waals surface area contributed by atoms with Crippen LogP contribution in [0.3, 0.4) is 0 Å². The fraction of sp³-hybridized carbons (Fsp3) is 0.0714. The molecule has 2 rings (SSSR count). The van der Waals surface area contributed by atoms with Crippen LogP contribution in [0.25, 0.3) is 0 Å². The summed E-state index contributed by atoms with van der Waals surface area (Å²) >= 11 is 0. The smallest absolute Gasteiger partial charge is 0.337 e. The number of aryl methyl sites for hydroxylation is 1. The van der Waals surface area contributed by atoms with Crippen molar-refractivity contribution in [2.24, 2.45) is 7.05 Å². The van der Waals surface area contributed by atoms with Gasteiger partial charge in [0.05, 0.1) is 17.1 Å². The van der Waals surface area contributed by atoms with Gasteiger partial charge in [0.25, 0.3) is 0 Å². The maximum absolute atomic E-state index is 10.3. The largest absolute Gasteiger partial charge is 0.545 e. The van der Waals surface area contributed by atoms with E-state index in [1.807, 2.05) is 0 Å². The quantitative estimate of drug-likeness (QED) is 0.584. The maximum Gasteiger partial charge on any atom is 0.337 e. The van der Waals surface area contributed by atoms with Crippen LogP contribution in [0, 0.1) is 0 Å². The number of carbonyl (C=O) groups is 2. The average molecular weight is 274 g/mol. The molecule has 0 fully saturated rings. The van der Waals surface area contributed by atoms with Crippen molar-refractivity contribution in [1.82, 2.24) is 0 Å². The number of aromatic carboxylic acids is 2. The molecular weight excluding hydrogens is 260 g/mol. The first kappa shape index (κ1) is 15.2. The third-order valence-corrected chi connectivity index (χ3v) is 2.37. The van der Waals surface area contributed by atoms with Crippen LogP contribution in [0.2, 0.25) is 0 Å². The van der Waals surface area contributed by atoms with Gasteiger partial charge >= 0.3 is 5.97 Å². The number of benzene rings is 1. The summed E-state index contributed by atoms with van der Waals surface area (Å²) in [6.07, 6.45) is 3.25. The molecule has 0 spiro atoms. The first-order valence-corrected chi connectivity index (χ1v) is 5.66. The standard InChI is InChI=1S/2C7H7NO2/c1-8-4-2-3-6(5-8)7(9)10;8-6-4-2-1-3-5(6)7(9)10/h2-5H,1H3;1-4H,8H2,(H,9,10). The highest BCUT2D eigenvalue weighted by molar-refractivity contribution is 5.93. The monoisotopic (exact) mass is 274 g/mol. The van der Waals surface area contributed by atoms with Crippen LogP contribution in [0.4, 0.5) is 5.69 Å². The van der Waals surface area contributed by atoms with Gasteiger partial charge < -0.3 is 20.7 Å². The number of hydrogen-bond acceptors (Lipinski definition) is 4. The van der Waals surface area contributed by atoms with E-state index in [1.54, 1.807) is 42.1 Å². The number of para-hydroxylation sites is 1. The number of carbonyl (C=O) groups excluding carboxylic acids is 1. The summed E-state index contributed by atoms with van der Waals surface area (Å²) in [5, 5.41) is 18.7. The molecular formula is C14H14N2O4. The molecule has 2 aromatic rings. The van der Waals surface area contributed by atoms with E-state index in [1.165, 1.54) is 18.3 Å². The van der Waals surface area contributed by atoms with Gasteiger partial charge in [-0.05, 0) is 18.2 Å².